The summed E-state index contributed by atoms with van der Waals surface area (Å²) in [6, 6.07) is 1.47. The van der Waals surface area contributed by atoms with Crippen molar-refractivity contribution in [3.05, 3.63) is 0 Å². The van der Waals surface area contributed by atoms with E-state index >= 15 is 0 Å². The van der Waals surface area contributed by atoms with Crippen LogP contribution in [0.3, 0.4) is 0 Å². The van der Waals surface area contributed by atoms with Gasteiger partial charge < -0.3 is 5.32 Å². The molecule has 0 bridgehead atoms. The lowest BCUT2D eigenvalue weighted by molar-refractivity contribution is 0.128. The van der Waals surface area contributed by atoms with Gasteiger partial charge in [-0.05, 0) is 19.3 Å². The Morgan fingerprint density at radius 3 is 2.59 bits per heavy atom. The Bertz CT molecular complexity index is 191. The quantitative estimate of drug-likeness (QED) is 0.687. The highest BCUT2D eigenvalue weighted by Crippen LogP contribution is 2.15. The van der Waals surface area contributed by atoms with Crippen LogP contribution in [0.1, 0.15) is 59.8 Å². The maximum absolute atomic E-state index is 3.64. The molecule has 0 aromatic carbocycles. The summed E-state index contributed by atoms with van der Waals surface area (Å²) in [5, 5.41) is 3.64. The molecule has 0 aromatic heterocycles. The molecule has 2 atom stereocenters. The molecule has 1 rings (SSSR count). The monoisotopic (exact) mass is 240 g/mol. The van der Waals surface area contributed by atoms with Gasteiger partial charge in [-0.1, -0.05) is 46.5 Å². The van der Waals surface area contributed by atoms with Gasteiger partial charge >= 0.3 is 0 Å². The molecule has 1 aliphatic rings. The van der Waals surface area contributed by atoms with Crippen LogP contribution in [-0.4, -0.2) is 36.6 Å². The van der Waals surface area contributed by atoms with Crippen molar-refractivity contribution in [2.24, 2.45) is 5.92 Å². The van der Waals surface area contributed by atoms with E-state index in [0.717, 1.165) is 12.0 Å². The fourth-order valence-corrected chi connectivity index (χ4v) is 2.70. The number of nitrogens with zero attached hydrogens (tertiary/aromatic N) is 1. The molecule has 0 aliphatic carbocycles. The highest BCUT2D eigenvalue weighted by Gasteiger charge is 2.24. The zero-order valence-electron chi connectivity index (χ0n) is 12.3. The minimum atomic E-state index is 0.696. The van der Waals surface area contributed by atoms with Gasteiger partial charge in [0.1, 0.15) is 0 Å². The Morgan fingerprint density at radius 2 is 1.94 bits per heavy atom. The topological polar surface area (TPSA) is 15.3 Å². The summed E-state index contributed by atoms with van der Waals surface area (Å²) < 4.78 is 0. The smallest absolute Gasteiger partial charge is 0.0218 e. The summed E-state index contributed by atoms with van der Waals surface area (Å²) in [6.45, 7) is 13.0. The van der Waals surface area contributed by atoms with Gasteiger partial charge in [-0.2, -0.15) is 0 Å². The van der Waals surface area contributed by atoms with Crippen molar-refractivity contribution in [1.82, 2.24) is 10.2 Å². The van der Waals surface area contributed by atoms with E-state index in [2.05, 4.69) is 37.9 Å². The number of hydrogen-bond acceptors (Lipinski definition) is 2. The molecule has 17 heavy (non-hydrogen) atoms. The average Bonchev–Trinajstić information content (AvgIpc) is 2.34. The highest BCUT2D eigenvalue weighted by molar-refractivity contribution is 4.83. The Kier molecular flexibility index (Phi) is 7.14. The fourth-order valence-electron chi connectivity index (χ4n) is 2.70. The van der Waals surface area contributed by atoms with E-state index in [1.165, 1.54) is 51.7 Å². The highest BCUT2D eigenvalue weighted by atomic mass is 15.2. The molecule has 0 radical (unpaired) electrons. The maximum atomic E-state index is 3.64. The molecule has 2 unspecified atom stereocenters. The molecule has 1 aliphatic heterocycles. The largest absolute Gasteiger partial charge is 0.311 e. The lowest BCUT2D eigenvalue weighted by Gasteiger charge is -2.39. The zero-order valence-corrected chi connectivity index (χ0v) is 12.3. The number of unbranched alkanes of at least 4 members (excludes halogenated alkanes) is 3. The SMILES string of the molecule is CCCCCCC(C)N1CCNC(C(C)C)C1. The predicted molar refractivity (Wildman–Crippen MR) is 76.4 cm³/mol. The minimum Gasteiger partial charge on any atom is -0.311 e. The third kappa shape index (κ3) is 5.39. The predicted octanol–water partition coefficient (Wildman–Crippen LogP) is 3.28. The van der Waals surface area contributed by atoms with Crippen LogP contribution >= 0.6 is 0 Å². The van der Waals surface area contributed by atoms with E-state index in [1.807, 2.05) is 0 Å². The lowest BCUT2D eigenvalue weighted by Crippen LogP contribution is -2.55. The standard InChI is InChI=1S/C15H32N2/c1-5-6-7-8-9-14(4)17-11-10-16-15(12-17)13(2)3/h13-16H,5-12H2,1-4H3. The molecule has 0 amide bonds. The van der Waals surface area contributed by atoms with Gasteiger partial charge in [0.15, 0.2) is 0 Å². The van der Waals surface area contributed by atoms with Crippen LogP contribution in [0.5, 0.6) is 0 Å². The van der Waals surface area contributed by atoms with Gasteiger partial charge in [0.05, 0.1) is 0 Å². The van der Waals surface area contributed by atoms with E-state index in [9.17, 15) is 0 Å². The van der Waals surface area contributed by atoms with Crippen molar-refractivity contribution in [3.63, 3.8) is 0 Å². The van der Waals surface area contributed by atoms with Crippen molar-refractivity contribution in [2.45, 2.75) is 71.9 Å². The first-order chi connectivity index (χ1) is 8.15. The van der Waals surface area contributed by atoms with Gasteiger partial charge in [0.2, 0.25) is 0 Å². The van der Waals surface area contributed by atoms with E-state index < -0.39 is 0 Å². The molecule has 1 saturated heterocycles. The third-order valence-corrected chi connectivity index (χ3v) is 4.14. The summed E-state index contributed by atoms with van der Waals surface area (Å²) in [7, 11) is 0. The Labute approximate surface area is 108 Å². The van der Waals surface area contributed by atoms with E-state index in [1.54, 1.807) is 0 Å². The van der Waals surface area contributed by atoms with Crippen molar-refractivity contribution >= 4 is 0 Å². The molecule has 102 valence electrons. The number of hydrogen-bond donors (Lipinski definition) is 1. The van der Waals surface area contributed by atoms with Gasteiger partial charge in [-0.3, -0.25) is 4.90 Å². The summed E-state index contributed by atoms with van der Waals surface area (Å²) in [5.41, 5.74) is 0. The van der Waals surface area contributed by atoms with E-state index in [4.69, 9.17) is 0 Å². The summed E-state index contributed by atoms with van der Waals surface area (Å²) >= 11 is 0. The van der Waals surface area contributed by atoms with Crippen LogP contribution in [0.4, 0.5) is 0 Å². The minimum absolute atomic E-state index is 0.696. The molecule has 1 fully saturated rings. The van der Waals surface area contributed by atoms with Crippen LogP contribution in [0.25, 0.3) is 0 Å². The van der Waals surface area contributed by atoms with Crippen LogP contribution in [0.2, 0.25) is 0 Å². The molecule has 1 N–H and O–H groups in total. The van der Waals surface area contributed by atoms with Gasteiger partial charge in [0, 0.05) is 31.7 Å². The molecular formula is C15H32N2. The van der Waals surface area contributed by atoms with E-state index in [0.29, 0.717) is 6.04 Å². The summed E-state index contributed by atoms with van der Waals surface area (Å²) in [5.74, 6) is 0.755. The second kappa shape index (κ2) is 8.10. The van der Waals surface area contributed by atoms with Gasteiger partial charge in [0.25, 0.3) is 0 Å². The molecule has 2 heteroatoms. The molecular weight excluding hydrogens is 208 g/mol. The summed E-state index contributed by atoms with van der Waals surface area (Å²) in [4.78, 5) is 2.69. The van der Waals surface area contributed by atoms with Crippen LogP contribution in [-0.2, 0) is 0 Å². The zero-order chi connectivity index (χ0) is 12.7. The average molecular weight is 240 g/mol. The fraction of sp³-hybridized carbons (Fsp3) is 1.00. The Hall–Kier alpha value is -0.0800. The number of rotatable bonds is 7. The van der Waals surface area contributed by atoms with Crippen molar-refractivity contribution in [3.8, 4) is 0 Å². The third-order valence-electron chi connectivity index (χ3n) is 4.14. The lowest BCUT2D eigenvalue weighted by atomic mass is 9.99. The normalized spacial score (nSPS) is 24.2. The van der Waals surface area contributed by atoms with Crippen molar-refractivity contribution in [2.75, 3.05) is 19.6 Å². The Balaban J connectivity index is 2.23. The first-order valence-electron chi connectivity index (χ1n) is 7.62. The second-order valence-electron chi connectivity index (χ2n) is 6.00. The van der Waals surface area contributed by atoms with Gasteiger partial charge in [-0.25, -0.2) is 0 Å². The molecule has 0 aromatic rings. The first-order valence-corrected chi connectivity index (χ1v) is 7.62. The number of piperazine rings is 1. The van der Waals surface area contributed by atoms with Crippen molar-refractivity contribution in [1.29, 1.82) is 0 Å². The van der Waals surface area contributed by atoms with Crippen LogP contribution < -0.4 is 5.32 Å². The number of nitrogens with one attached hydrogen (secondary N) is 1. The second-order valence-corrected chi connectivity index (χ2v) is 6.00. The molecule has 2 nitrogen and oxygen atoms in total. The maximum Gasteiger partial charge on any atom is 0.0218 e. The summed E-state index contributed by atoms with van der Waals surface area (Å²) in [6.07, 6.45) is 6.96. The molecule has 0 spiro atoms. The molecule has 0 saturated carbocycles. The van der Waals surface area contributed by atoms with Gasteiger partial charge in [-0.15, -0.1) is 0 Å². The van der Waals surface area contributed by atoms with Crippen LogP contribution in [0, 0.1) is 5.92 Å². The van der Waals surface area contributed by atoms with Crippen LogP contribution in [0.15, 0.2) is 0 Å². The van der Waals surface area contributed by atoms with Crippen molar-refractivity contribution < 1.29 is 0 Å². The Morgan fingerprint density at radius 1 is 1.18 bits per heavy atom. The first kappa shape index (κ1) is 15.0. The molecule has 1 heterocycles. The van der Waals surface area contributed by atoms with E-state index in [-0.39, 0.29) is 0 Å².